The number of fused-ring (bicyclic) bond motifs is 1. The van der Waals surface area contributed by atoms with Crippen molar-refractivity contribution in [1.82, 2.24) is 4.98 Å². The number of hydrogen-bond acceptors (Lipinski definition) is 4. The van der Waals surface area contributed by atoms with Gasteiger partial charge < -0.3 is 15.8 Å². The van der Waals surface area contributed by atoms with Crippen molar-refractivity contribution < 1.29 is 9.13 Å². The van der Waals surface area contributed by atoms with E-state index in [2.05, 4.69) is 26.2 Å². The fourth-order valence-corrected chi connectivity index (χ4v) is 2.97. The van der Waals surface area contributed by atoms with Crippen LogP contribution in [-0.2, 0) is 0 Å². The molecular formula is C18H17BrFN3O. The molecule has 1 aromatic heterocycles. The third-order valence-corrected chi connectivity index (χ3v) is 4.07. The molecule has 0 saturated heterocycles. The predicted octanol–water partition coefficient (Wildman–Crippen LogP) is 5.25. The maximum absolute atomic E-state index is 14.2. The van der Waals surface area contributed by atoms with E-state index in [9.17, 15) is 4.39 Å². The number of nitrogens with two attached hydrogens (primary N) is 1. The van der Waals surface area contributed by atoms with E-state index in [1.165, 1.54) is 12.1 Å². The van der Waals surface area contributed by atoms with Crippen molar-refractivity contribution in [2.45, 2.75) is 20.0 Å². The maximum atomic E-state index is 14.2. The lowest BCUT2D eigenvalue weighted by atomic mass is 10.1. The molecule has 0 saturated carbocycles. The SMILES string of the molecule is CC(C)Oc1ccccc1Nc1ncc(Br)c2c(F)ccc(N)c12. The van der Waals surface area contributed by atoms with Crippen LogP contribution in [0.25, 0.3) is 10.8 Å². The average molecular weight is 390 g/mol. The molecule has 0 bridgehead atoms. The summed E-state index contributed by atoms with van der Waals surface area (Å²) in [5, 5.41) is 4.14. The first kappa shape index (κ1) is 16.5. The van der Waals surface area contributed by atoms with E-state index in [0.29, 0.717) is 32.5 Å². The minimum Gasteiger partial charge on any atom is -0.489 e. The summed E-state index contributed by atoms with van der Waals surface area (Å²) in [5.74, 6) is 0.814. The van der Waals surface area contributed by atoms with E-state index in [1.807, 2.05) is 38.1 Å². The number of rotatable bonds is 4. The normalized spacial score (nSPS) is 11.0. The molecule has 0 amide bonds. The van der Waals surface area contributed by atoms with Crippen molar-refractivity contribution in [3.63, 3.8) is 0 Å². The highest BCUT2D eigenvalue weighted by Crippen LogP contribution is 2.37. The largest absolute Gasteiger partial charge is 0.489 e. The van der Waals surface area contributed by atoms with Crippen molar-refractivity contribution in [2.75, 3.05) is 11.1 Å². The molecule has 4 nitrogen and oxygen atoms in total. The van der Waals surface area contributed by atoms with Gasteiger partial charge in [-0.1, -0.05) is 12.1 Å². The summed E-state index contributed by atoms with van der Waals surface area (Å²) in [4.78, 5) is 4.36. The number of hydrogen-bond donors (Lipinski definition) is 2. The number of anilines is 3. The summed E-state index contributed by atoms with van der Waals surface area (Å²) in [6.07, 6.45) is 1.59. The molecule has 0 atom stereocenters. The van der Waals surface area contributed by atoms with E-state index in [-0.39, 0.29) is 11.9 Å². The van der Waals surface area contributed by atoms with Crippen LogP contribution in [0.5, 0.6) is 5.75 Å². The fraction of sp³-hybridized carbons (Fsp3) is 0.167. The first-order valence-electron chi connectivity index (χ1n) is 7.52. The summed E-state index contributed by atoms with van der Waals surface area (Å²) >= 11 is 3.34. The fourth-order valence-electron chi connectivity index (χ4n) is 2.48. The van der Waals surface area contributed by atoms with Gasteiger partial charge in [0.15, 0.2) is 0 Å². The third-order valence-electron chi connectivity index (χ3n) is 3.47. The quantitative estimate of drug-likeness (QED) is 0.598. The summed E-state index contributed by atoms with van der Waals surface area (Å²) in [6.45, 7) is 3.91. The topological polar surface area (TPSA) is 60.2 Å². The number of ether oxygens (including phenoxy) is 1. The van der Waals surface area contributed by atoms with Gasteiger partial charge in [-0.3, -0.25) is 0 Å². The van der Waals surface area contributed by atoms with Crippen molar-refractivity contribution in [3.8, 4) is 5.75 Å². The second-order valence-corrected chi connectivity index (χ2v) is 6.48. The molecule has 24 heavy (non-hydrogen) atoms. The Hall–Kier alpha value is -2.34. The molecule has 1 heterocycles. The van der Waals surface area contributed by atoms with Crippen LogP contribution in [0, 0.1) is 5.82 Å². The van der Waals surface area contributed by atoms with Crippen molar-refractivity contribution in [1.29, 1.82) is 0 Å². The standard InChI is InChI=1S/C18H17BrFN3O/c1-10(2)24-15-6-4-3-5-14(15)23-18-17-13(21)8-7-12(20)16(17)11(19)9-22-18/h3-10H,21H2,1-2H3,(H,22,23). The minimum atomic E-state index is -0.358. The zero-order chi connectivity index (χ0) is 17.3. The second kappa shape index (κ2) is 6.65. The highest BCUT2D eigenvalue weighted by atomic mass is 79.9. The molecule has 0 aliphatic carbocycles. The van der Waals surface area contributed by atoms with Crippen LogP contribution in [0.2, 0.25) is 0 Å². The van der Waals surface area contributed by atoms with Gasteiger partial charge in [-0.2, -0.15) is 0 Å². The Morgan fingerprint density at radius 1 is 1.17 bits per heavy atom. The van der Waals surface area contributed by atoms with Gasteiger partial charge >= 0.3 is 0 Å². The van der Waals surface area contributed by atoms with Gasteiger partial charge in [0.25, 0.3) is 0 Å². The number of benzene rings is 2. The molecule has 124 valence electrons. The van der Waals surface area contributed by atoms with Crippen LogP contribution in [0.4, 0.5) is 21.6 Å². The number of nitrogens with one attached hydrogen (secondary N) is 1. The van der Waals surface area contributed by atoms with Crippen molar-refractivity contribution in [3.05, 3.63) is 52.9 Å². The summed E-state index contributed by atoms with van der Waals surface area (Å²) in [7, 11) is 0. The van der Waals surface area contributed by atoms with Crippen LogP contribution in [-0.4, -0.2) is 11.1 Å². The van der Waals surface area contributed by atoms with Gasteiger partial charge in [-0.25, -0.2) is 9.37 Å². The van der Waals surface area contributed by atoms with Gasteiger partial charge in [0, 0.05) is 21.7 Å². The number of pyridine rings is 1. The molecule has 6 heteroatoms. The lowest BCUT2D eigenvalue weighted by molar-refractivity contribution is 0.244. The van der Waals surface area contributed by atoms with Crippen molar-refractivity contribution >= 4 is 43.9 Å². The minimum absolute atomic E-state index is 0.0325. The van der Waals surface area contributed by atoms with Gasteiger partial charge in [-0.05, 0) is 54.0 Å². The highest BCUT2D eigenvalue weighted by molar-refractivity contribution is 9.10. The van der Waals surface area contributed by atoms with Crippen LogP contribution < -0.4 is 15.8 Å². The van der Waals surface area contributed by atoms with E-state index in [4.69, 9.17) is 10.5 Å². The maximum Gasteiger partial charge on any atom is 0.143 e. The van der Waals surface area contributed by atoms with Crippen LogP contribution in [0.3, 0.4) is 0 Å². The van der Waals surface area contributed by atoms with Crippen LogP contribution >= 0.6 is 15.9 Å². The van der Waals surface area contributed by atoms with Crippen LogP contribution in [0.1, 0.15) is 13.8 Å². The molecule has 0 spiro atoms. The highest BCUT2D eigenvalue weighted by Gasteiger charge is 2.15. The first-order valence-corrected chi connectivity index (χ1v) is 8.31. The van der Waals surface area contributed by atoms with Gasteiger partial charge in [0.2, 0.25) is 0 Å². The molecule has 3 rings (SSSR count). The number of aromatic nitrogens is 1. The lowest BCUT2D eigenvalue weighted by Crippen LogP contribution is -2.08. The van der Waals surface area contributed by atoms with Crippen LogP contribution in [0.15, 0.2) is 47.1 Å². The second-order valence-electron chi connectivity index (χ2n) is 5.63. The molecule has 0 fully saturated rings. The zero-order valence-corrected chi connectivity index (χ0v) is 14.9. The summed E-state index contributed by atoms with van der Waals surface area (Å²) < 4.78 is 20.6. The molecule has 3 aromatic rings. The van der Waals surface area contributed by atoms with Gasteiger partial charge in [0.05, 0.1) is 17.2 Å². The van der Waals surface area contributed by atoms with Gasteiger partial charge in [-0.15, -0.1) is 0 Å². The molecule has 0 aliphatic rings. The Morgan fingerprint density at radius 3 is 2.67 bits per heavy atom. The molecule has 0 radical (unpaired) electrons. The number of nitrogen functional groups attached to an aromatic ring is 1. The molecule has 2 aromatic carbocycles. The number of nitrogens with zero attached hydrogens (tertiary/aromatic N) is 1. The Bertz CT molecular complexity index is 891. The van der Waals surface area contributed by atoms with E-state index >= 15 is 0 Å². The predicted molar refractivity (Wildman–Crippen MR) is 99.3 cm³/mol. The smallest absolute Gasteiger partial charge is 0.143 e. The summed E-state index contributed by atoms with van der Waals surface area (Å²) in [5.41, 5.74) is 7.26. The molecular weight excluding hydrogens is 373 g/mol. The number of halogens is 2. The number of para-hydroxylation sites is 2. The van der Waals surface area contributed by atoms with E-state index in [1.54, 1.807) is 6.20 Å². The Balaban J connectivity index is 2.13. The van der Waals surface area contributed by atoms with E-state index in [0.717, 1.165) is 5.69 Å². The van der Waals surface area contributed by atoms with Gasteiger partial charge in [0.1, 0.15) is 17.4 Å². The van der Waals surface area contributed by atoms with E-state index < -0.39 is 0 Å². The Morgan fingerprint density at radius 2 is 1.92 bits per heavy atom. The monoisotopic (exact) mass is 389 g/mol. The third kappa shape index (κ3) is 3.14. The Labute approximate surface area is 148 Å². The first-order chi connectivity index (χ1) is 11.5. The lowest BCUT2D eigenvalue weighted by Gasteiger charge is -2.17. The average Bonchev–Trinajstić information content (AvgIpc) is 2.54. The van der Waals surface area contributed by atoms with Crippen molar-refractivity contribution in [2.24, 2.45) is 0 Å². The Kier molecular flexibility index (Phi) is 4.57. The molecule has 0 aliphatic heterocycles. The zero-order valence-electron chi connectivity index (χ0n) is 13.3. The summed E-state index contributed by atoms with van der Waals surface area (Å²) in [6, 6.07) is 10.4. The molecule has 0 unspecified atom stereocenters. The molecule has 3 N–H and O–H groups in total.